The van der Waals surface area contributed by atoms with Gasteiger partial charge in [-0.25, -0.2) is 13.2 Å². The van der Waals surface area contributed by atoms with Crippen LogP contribution in [0.25, 0.3) is 0 Å². The van der Waals surface area contributed by atoms with Crippen molar-refractivity contribution in [1.82, 2.24) is 15.5 Å². The number of amides is 3. The lowest BCUT2D eigenvalue weighted by molar-refractivity contribution is -0.120. The number of sulfonamides is 1. The van der Waals surface area contributed by atoms with Crippen LogP contribution in [0.1, 0.15) is 23.2 Å². The third-order valence-electron chi connectivity index (χ3n) is 6.41. The lowest BCUT2D eigenvalue weighted by Gasteiger charge is -2.29. The van der Waals surface area contributed by atoms with E-state index in [0.29, 0.717) is 44.0 Å². The van der Waals surface area contributed by atoms with Crippen molar-refractivity contribution in [2.45, 2.75) is 17.7 Å². The van der Waals surface area contributed by atoms with Crippen LogP contribution >= 0.6 is 0 Å². The average Bonchev–Trinajstić information content (AvgIpc) is 2.96. The molecule has 0 spiro atoms. The molecule has 0 saturated carbocycles. The fourth-order valence-corrected chi connectivity index (χ4v) is 5.23. The molecule has 0 aliphatic carbocycles. The lowest BCUT2D eigenvalue weighted by Crippen LogP contribution is -2.43. The molecule has 1 heterocycles. The van der Waals surface area contributed by atoms with Crippen LogP contribution in [0.15, 0.2) is 83.8 Å². The van der Waals surface area contributed by atoms with Crippen LogP contribution in [0.4, 0.5) is 10.5 Å². The van der Waals surface area contributed by atoms with Gasteiger partial charge in [0.1, 0.15) is 5.75 Å². The smallest absolute Gasteiger partial charge is 0.407 e. The van der Waals surface area contributed by atoms with Gasteiger partial charge in [-0.05, 0) is 67.3 Å². The molecule has 11 nitrogen and oxygen atoms in total. The minimum atomic E-state index is -3.98. The molecule has 3 aromatic carbocycles. The van der Waals surface area contributed by atoms with Gasteiger partial charge in [-0.1, -0.05) is 30.3 Å². The molecule has 0 radical (unpaired) electrons. The fourth-order valence-electron chi connectivity index (χ4n) is 4.16. The molecule has 3 aromatic rings. The monoisotopic (exact) mass is 566 g/mol. The van der Waals surface area contributed by atoms with Crippen molar-refractivity contribution in [2.75, 3.05) is 30.9 Å². The maximum absolute atomic E-state index is 13.0. The highest BCUT2D eigenvalue weighted by Crippen LogP contribution is 2.31. The Morgan fingerprint density at radius 1 is 0.875 bits per heavy atom. The number of rotatable bonds is 10. The van der Waals surface area contributed by atoms with Crippen LogP contribution in [-0.2, 0) is 14.8 Å². The summed E-state index contributed by atoms with van der Waals surface area (Å²) in [6, 6.07) is 21.0. The van der Waals surface area contributed by atoms with Gasteiger partial charge >= 0.3 is 6.09 Å². The highest BCUT2D eigenvalue weighted by Gasteiger charge is 2.23. The first kappa shape index (κ1) is 28.4. The summed E-state index contributed by atoms with van der Waals surface area (Å²) in [5.41, 5.74) is 0.451. The van der Waals surface area contributed by atoms with Gasteiger partial charge in [-0.15, -0.1) is 0 Å². The summed E-state index contributed by atoms with van der Waals surface area (Å²) < 4.78 is 34.3. The van der Waals surface area contributed by atoms with E-state index in [-0.39, 0.29) is 34.5 Å². The third-order valence-corrected chi connectivity index (χ3v) is 7.79. The molecular formula is C28H30N4O7S. The number of ether oxygens (including phenoxy) is 1. The maximum Gasteiger partial charge on any atom is 0.407 e. The van der Waals surface area contributed by atoms with Crippen molar-refractivity contribution in [2.24, 2.45) is 5.92 Å². The predicted molar refractivity (Wildman–Crippen MR) is 148 cm³/mol. The molecule has 1 fully saturated rings. The molecule has 1 saturated heterocycles. The normalized spacial score (nSPS) is 13.8. The third kappa shape index (κ3) is 7.73. The van der Waals surface area contributed by atoms with Gasteiger partial charge in [0, 0.05) is 25.2 Å². The number of carbonyl (C=O) groups is 3. The fraction of sp³-hybridized carbons (Fsp3) is 0.250. The lowest BCUT2D eigenvalue weighted by atomic mass is 9.97. The molecule has 12 heteroatoms. The molecule has 4 N–H and O–H groups in total. The van der Waals surface area contributed by atoms with Crippen LogP contribution < -0.4 is 20.1 Å². The van der Waals surface area contributed by atoms with Gasteiger partial charge in [0.2, 0.25) is 5.91 Å². The second-order valence-corrected chi connectivity index (χ2v) is 10.9. The molecule has 0 bridgehead atoms. The van der Waals surface area contributed by atoms with Gasteiger partial charge in [0.15, 0.2) is 5.75 Å². The van der Waals surface area contributed by atoms with Crippen molar-refractivity contribution in [3.05, 3.63) is 84.4 Å². The van der Waals surface area contributed by atoms with E-state index in [1.165, 1.54) is 29.2 Å². The largest absolute Gasteiger partial charge is 0.465 e. The Labute approximate surface area is 232 Å². The van der Waals surface area contributed by atoms with Crippen molar-refractivity contribution >= 4 is 33.6 Å². The molecule has 0 unspecified atom stereocenters. The maximum atomic E-state index is 13.0. The van der Waals surface area contributed by atoms with E-state index in [1.54, 1.807) is 36.4 Å². The Bertz CT molecular complexity index is 1440. The van der Waals surface area contributed by atoms with E-state index in [4.69, 9.17) is 9.84 Å². The van der Waals surface area contributed by atoms with E-state index in [0.717, 1.165) is 0 Å². The summed E-state index contributed by atoms with van der Waals surface area (Å²) >= 11 is 0. The molecular weight excluding hydrogens is 536 g/mol. The van der Waals surface area contributed by atoms with Gasteiger partial charge in [0.25, 0.3) is 15.9 Å². The average molecular weight is 567 g/mol. The van der Waals surface area contributed by atoms with Crippen molar-refractivity contribution in [3.63, 3.8) is 0 Å². The number of nitrogens with one attached hydrogen (secondary N) is 3. The number of carbonyl (C=O) groups excluding carboxylic acids is 2. The topological polar surface area (TPSA) is 154 Å². The molecule has 1 aliphatic heterocycles. The zero-order valence-corrected chi connectivity index (χ0v) is 22.4. The summed E-state index contributed by atoms with van der Waals surface area (Å²) in [5.74, 6) is 0.170. The van der Waals surface area contributed by atoms with Crippen molar-refractivity contribution < 1.29 is 32.6 Å². The minimum Gasteiger partial charge on any atom is -0.465 e. The van der Waals surface area contributed by atoms with Crippen LogP contribution in [0, 0.1) is 5.92 Å². The molecule has 40 heavy (non-hydrogen) atoms. The Kier molecular flexibility index (Phi) is 9.23. The molecule has 4 rings (SSSR count). The van der Waals surface area contributed by atoms with E-state index >= 15 is 0 Å². The number of likely N-dealkylation sites (tertiary alicyclic amines) is 1. The molecule has 0 aromatic heterocycles. The number of anilines is 1. The first-order chi connectivity index (χ1) is 19.2. The highest BCUT2D eigenvalue weighted by atomic mass is 32.2. The summed E-state index contributed by atoms with van der Waals surface area (Å²) in [6.45, 7) is 1.03. The molecule has 3 amide bonds. The summed E-state index contributed by atoms with van der Waals surface area (Å²) in [4.78, 5) is 36.9. The number of hydrogen-bond donors (Lipinski definition) is 4. The zero-order valence-electron chi connectivity index (χ0n) is 21.6. The number of nitrogens with zero attached hydrogens (tertiary/aromatic N) is 1. The molecule has 1 aliphatic rings. The van der Waals surface area contributed by atoms with Crippen molar-refractivity contribution in [1.29, 1.82) is 0 Å². The van der Waals surface area contributed by atoms with Gasteiger partial charge in [0.05, 0.1) is 17.1 Å². The molecule has 0 atom stereocenters. The van der Waals surface area contributed by atoms with E-state index in [9.17, 15) is 22.8 Å². The van der Waals surface area contributed by atoms with Crippen molar-refractivity contribution in [3.8, 4) is 11.5 Å². The quantitative estimate of drug-likeness (QED) is 0.293. The predicted octanol–water partition coefficient (Wildman–Crippen LogP) is 3.52. The van der Waals surface area contributed by atoms with E-state index in [1.807, 2.05) is 18.2 Å². The Balaban J connectivity index is 1.28. The Hall–Kier alpha value is -4.58. The van der Waals surface area contributed by atoms with Crippen LogP contribution in [0.5, 0.6) is 11.5 Å². The zero-order chi connectivity index (χ0) is 28.5. The van der Waals surface area contributed by atoms with Crippen LogP contribution in [-0.4, -0.2) is 62.5 Å². The highest BCUT2D eigenvalue weighted by molar-refractivity contribution is 7.92. The summed E-state index contributed by atoms with van der Waals surface area (Å²) in [5, 5.41) is 14.3. The number of para-hydroxylation sites is 3. The first-order valence-electron chi connectivity index (χ1n) is 12.7. The summed E-state index contributed by atoms with van der Waals surface area (Å²) in [7, 11) is -3.98. The second kappa shape index (κ2) is 13.0. The number of piperidine rings is 1. The minimum absolute atomic E-state index is 0.0507. The number of hydrogen-bond acceptors (Lipinski definition) is 6. The van der Waals surface area contributed by atoms with Gasteiger partial charge in [-0.2, -0.15) is 0 Å². The van der Waals surface area contributed by atoms with Crippen LogP contribution in [0.2, 0.25) is 0 Å². The number of benzene rings is 3. The van der Waals surface area contributed by atoms with E-state index < -0.39 is 22.0 Å². The van der Waals surface area contributed by atoms with E-state index in [2.05, 4.69) is 15.4 Å². The summed E-state index contributed by atoms with van der Waals surface area (Å²) in [6.07, 6.45) is 0.384. The van der Waals surface area contributed by atoms with Gasteiger partial charge < -0.3 is 25.4 Å². The first-order valence-corrected chi connectivity index (χ1v) is 14.2. The van der Waals surface area contributed by atoms with Gasteiger partial charge in [-0.3, -0.25) is 14.3 Å². The number of carboxylic acid groups (broad SMARTS) is 1. The second-order valence-electron chi connectivity index (χ2n) is 9.24. The Morgan fingerprint density at radius 3 is 2.20 bits per heavy atom. The SMILES string of the molecule is O=C(CNC(=O)c1ccc(S(=O)(=O)Nc2ccccc2Oc2ccccc2)cc1)NCC1CCN(C(=O)O)CC1. The standard InChI is InChI=1S/C28H30N4O7S/c33-26(29-18-20-14-16-32(17-15-20)28(35)36)19-30-27(34)21-10-12-23(13-11-21)40(37,38)31-24-8-4-5-9-25(24)39-22-6-2-1-3-7-22/h1-13,20,31H,14-19H2,(H,29,33)(H,30,34)(H,35,36). The molecule has 210 valence electrons. The van der Waals surface area contributed by atoms with Crippen LogP contribution in [0.3, 0.4) is 0 Å². The Morgan fingerprint density at radius 2 is 1.52 bits per heavy atom.